The summed E-state index contributed by atoms with van der Waals surface area (Å²) >= 11 is 0. The summed E-state index contributed by atoms with van der Waals surface area (Å²) < 4.78 is 5.68. The summed E-state index contributed by atoms with van der Waals surface area (Å²) in [5.74, 6) is 0.186. The molecule has 0 aromatic heterocycles. The lowest BCUT2D eigenvalue weighted by molar-refractivity contribution is -0.194. The van der Waals surface area contributed by atoms with Crippen molar-refractivity contribution in [3.05, 3.63) is 0 Å². The third-order valence-electron chi connectivity index (χ3n) is 5.36. The van der Waals surface area contributed by atoms with Crippen molar-refractivity contribution in [2.75, 3.05) is 0 Å². The Morgan fingerprint density at radius 2 is 1.74 bits per heavy atom. The zero-order valence-corrected chi connectivity index (χ0v) is 11.6. The lowest BCUT2D eigenvalue weighted by atomic mass is 9.48. The van der Waals surface area contributed by atoms with Gasteiger partial charge >= 0.3 is 11.9 Å². The van der Waals surface area contributed by atoms with E-state index in [2.05, 4.69) is 0 Å². The Morgan fingerprint density at radius 3 is 2.21 bits per heavy atom. The molecule has 0 aromatic carbocycles. The fourth-order valence-electron chi connectivity index (χ4n) is 4.70. The molecule has 0 amide bonds. The van der Waals surface area contributed by atoms with E-state index in [0.717, 1.165) is 19.3 Å². The van der Waals surface area contributed by atoms with Gasteiger partial charge < -0.3 is 9.84 Å². The largest absolute Gasteiger partial charge is 0.481 e. The molecule has 0 aromatic rings. The molecule has 106 valence electrons. The second kappa shape index (κ2) is 4.22. The van der Waals surface area contributed by atoms with Gasteiger partial charge in [-0.15, -0.1) is 0 Å². The molecule has 0 saturated heterocycles. The molecule has 4 saturated carbocycles. The van der Waals surface area contributed by atoms with Crippen LogP contribution in [0, 0.1) is 29.1 Å². The van der Waals surface area contributed by atoms with Gasteiger partial charge in [-0.3, -0.25) is 9.59 Å². The van der Waals surface area contributed by atoms with Crippen LogP contribution in [0.4, 0.5) is 0 Å². The maximum absolute atomic E-state index is 11.8. The van der Waals surface area contributed by atoms with Crippen molar-refractivity contribution in [1.29, 1.82) is 0 Å². The summed E-state index contributed by atoms with van der Waals surface area (Å²) in [4.78, 5) is 23.4. The van der Waals surface area contributed by atoms with Gasteiger partial charge in [-0.25, -0.2) is 0 Å². The molecule has 0 radical (unpaired) electrons. The minimum absolute atomic E-state index is 0.0288. The van der Waals surface area contributed by atoms with Crippen molar-refractivity contribution < 1.29 is 19.4 Å². The van der Waals surface area contributed by atoms with Crippen LogP contribution >= 0.6 is 0 Å². The Hall–Kier alpha value is -1.06. The molecule has 4 heteroatoms. The average molecular weight is 266 g/mol. The zero-order chi connectivity index (χ0) is 13.8. The normalized spacial score (nSPS) is 43.5. The highest BCUT2D eigenvalue weighted by atomic mass is 16.5. The molecule has 4 nitrogen and oxygen atoms in total. The number of carboxylic acid groups (broad SMARTS) is 1. The first kappa shape index (κ1) is 12.9. The Bertz CT molecular complexity index is 398. The summed E-state index contributed by atoms with van der Waals surface area (Å²) in [6, 6.07) is 0. The molecule has 1 N–H and O–H groups in total. The van der Waals surface area contributed by atoms with Crippen LogP contribution in [0.5, 0.6) is 0 Å². The van der Waals surface area contributed by atoms with Crippen LogP contribution in [0.25, 0.3) is 0 Å². The molecule has 4 aliphatic carbocycles. The van der Waals surface area contributed by atoms with E-state index in [1.54, 1.807) is 0 Å². The molecular formula is C15H22O4. The molecule has 0 spiro atoms. The second-order valence-electron chi connectivity index (χ2n) is 7.11. The highest BCUT2D eigenvalue weighted by molar-refractivity contribution is 5.75. The van der Waals surface area contributed by atoms with E-state index in [-0.39, 0.29) is 29.8 Å². The second-order valence-corrected chi connectivity index (χ2v) is 7.11. The molecule has 4 rings (SSSR count). The van der Waals surface area contributed by atoms with Crippen LogP contribution in [0.2, 0.25) is 0 Å². The Labute approximate surface area is 113 Å². The van der Waals surface area contributed by atoms with E-state index in [1.165, 1.54) is 0 Å². The van der Waals surface area contributed by atoms with Crippen molar-refractivity contribution in [3.63, 3.8) is 0 Å². The maximum Gasteiger partial charge on any atom is 0.309 e. The van der Waals surface area contributed by atoms with E-state index in [9.17, 15) is 14.7 Å². The first-order valence-corrected chi connectivity index (χ1v) is 7.35. The van der Waals surface area contributed by atoms with Gasteiger partial charge in [0.1, 0.15) is 6.10 Å². The van der Waals surface area contributed by atoms with Gasteiger partial charge in [0.15, 0.2) is 0 Å². The SMILES string of the molecule is CC(C)C(=O)OC1C2CC3CC1CC(C(=O)O)(C3)C2. The maximum atomic E-state index is 11.8. The van der Waals surface area contributed by atoms with E-state index in [1.807, 2.05) is 13.8 Å². The van der Waals surface area contributed by atoms with Crippen LogP contribution in [-0.2, 0) is 14.3 Å². The number of carbonyl (C=O) groups excluding carboxylic acids is 1. The van der Waals surface area contributed by atoms with Gasteiger partial charge in [0.25, 0.3) is 0 Å². The van der Waals surface area contributed by atoms with Crippen LogP contribution < -0.4 is 0 Å². The topological polar surface area (TPSA) is 63.6 Å². The van der Waals surface area contributed by atoms with Gasteiger partial charge in [-0.05, 0) is 49.9 Å². The van der Waals surface area contributed by atoms with Gasteiger partial charge in [-0.2, -0.15) is 0 Å². The fraction of sp³-hybridized carbons (Fsp3) is 0.867. The third kappa shape index (κ3) is 1.96. The smallest absolute Gasteiger partial charge is 0.309 e. The van der Waals surface area contributed by atoms with Crippen molar-refractivity contribution in [2.24, 2.45) is 29.1 Å². The molecule has 0 heterocycles. The summed E-state index contributed by atoms with van der Waals surface area (Å²) in [5, 5.41) is 9.53. The first-order chi connectivity index (χ1) is 8.91. The highest BCUT2D eigenvalue weighted by Crippen LogP contribution is 2.60. The number of hydrogen-bond acceptors (Lipinski definition) is 3. The zero-order valence-electron chi connectivity index (χ0n) is 11.6. The molecule has 2 unspecified atom stereocenters. The number of carbonyl (C=O) groups is 2. The predicted octanol–water partition coefficient (Wildman–Crippen LogP) is 2.47. The van der Waals surface area contributed by atoms with Crippen molar-refractivity contribution >= 4 is 11.9 Å². The van der Waals surface area contributed by atoms with Gasteiger partial charge in [0.05, 0.1) is 11.3 Å². The Kier molecular flexibility index (Phi) is 2.88. The number of esters is 1. The quantitative estimate of drug-likeness (QED) is 0.797. The summed E-state index contributed by atoms with van der Waals surface area (Å²) in [6.07, 6.45) is 4.29. The number of carboxylic acids is 1. The van der Waals surface area contributed by atoms with E-state index in [4.69, 9.17) is 4.74 Å². The molecular weight excluding hydrogens is 244 g/mol. The molecule has 4 bridgehead atoms. The Morgan fingerprint density at radius 1 is 1.16 bits per heavy atom. The van der Waals surface area contributed by atoms with Gasteiger partial charge in [-0.1, -0.05) is 13.8 Å². The van der Waals surface area contributed by atoms with E-state index < -0.39 is 11.4 Å². The number of aliphatic carboxylic acids is 1. The van der Waals surface area contributed by atoms with Crippen molar-refractivity contribution in [3.8, 4) is 0 Å². The molecule has 2 atom stereocenters. The number of ether oxygens (including phenoxy) is 1. The minimum atomic E-state index is -0.638. The first-order valence-electron chi connectivity index (χ1n) is 7.35. The summed E-state index contributed by atoms with van der Waals surface area (Å²) in [7, 11) is 0. The standard InChI is InChI=1S/C15H22O4/c1-8(2)13(16)19-12-10-3-9-4-11(12)7-15(5-9,6-10)14(17)18/h8-12H,3-7H2,1-2H3,(H,17,18). The van der Waals surface area contributed by atoms with Crippen LogP contribution in [-0.4, -0.2) is 23.1 Å². The van der Waals surface area contributed by atoms with Crippen LogP contribution in [0.3, 0.4) is 0 Å². The van der Waals surface area contributed by atoms with Gasteiger partial charge in [0.2, 0.25) is 0 Å². The van der Waals surface area contributed by atoms with E-state index >= 15 is 0 Å². The molecule has 4 aliphatic rings. The lowest BCUT2D eigenvalue weighted by Gasteiger charge is -2.57. The number of hydrogen-bond donors (Lipinski definition) is 1. The lowest BCUT2D eigenvalue weighted by Crippen LogP contribution is -2.57. The van der Waals surface area contributed by atoms with Crippen LogP contribution in [0.15, 0.2) is 0 Å². The Balaban J connectivity index is 1.78. The minimum Gasteiger partial charge on any atom is -0.481 e. The van der Waals surface area contributed by atoms with Crippen LogP contribution in [0.1, 0.15) is 46.0 Å². The average Bonchev–Trinajstić information content (AvgIpc) is 2.32. The van der Waals surface area contributed by atoms with Crippen molar-refractivity contribution in [1.82, 2.24) is 0 Å². The van der Waals surface area contributed by atoms with Crippen molar-refractivity contribution in [2.45, 2.75) is 52.1 Å². The molecule has 4 fully saturated rings. The van der Waals surface area contributed by atoms with Gasteiger partial charge in [0, 0.05) is 0 Å². The molecule has 19 heavy (non-hydrogen) atoms. The molecule has 0 aliphatic heterocycles. The predicted molar refractivity (Wildman–Crippen MR) is 68.3 cm³/mol. The summed E-state index contributed by atoms with van der Waals surface area (Å²) in [5.41, 5.74) is -0.517. The highest BCUT2D eigenvalue weighted by Gasteiger charge is 2.59. The fourth-order valence-corrected chi connectivity index (χ4v) is 4.70. The monoisotopic (exact) mass is 266 g/mol. The summed E-state index contributed by atoms with van der Waals surface area (Å²) in [6.45, 7) is 3.69. The van der Waals surface area contributed by atoms with E-state index in [0.29, 0.717) is 18.8 Å². The number of rotatable bonds is 3. The third-order valence-corrected chi connectivity index (χ3v) is 5.36.